The van der Waals surface area contributed by atoms with E-state index >= 15 is 0 Å². The Morgan fingerprint density at radius 3 is 2.67 bits per heavy atom. The van der Waals surface area contributed by atoms with E-state index in [-0.39, 0.29) is 17.5 Å². The summed E-state index contributed by atoms with van der Waals surface area (Å²) in [6, 6.07) is 0.276. The van der Waals surface area contributed by atoms with E-state index in [1.165, 1.54) is 0 Å². The number of carbonyl (C=O) groups is 1. The molecule has 1 aromatic rings. The van der Waals surface area contributed by atoms with Crippen LogP contribution < -0.4 is 0 Å². The van der Waals surface area contributed by atoms with Crippen molar-refractivity contribution in [1.29, 1.82) is 0 Å². The molecule has 1 saturated carbocycles. The minimum absolute atomic E-state index is 0.0247. The van der Waals surface area contributed by atoms with Crippen LogP contribution in [0.15, 0.2) is 0 Å². The van der Waals surface area contributed by atoms with E-state index in [0.29, 0.717) is 17.7 Å². The number of fused-ring (bicyclic) bond motifs is 1. The first-order valence-corrected chi connectivity index (χ1v) is 8.19. The summed E-state index contributed by atoms with van der Waals surface area (Å²) < 4.78 is 25.1. The molecule has 5 nitrogen and oxygen atoms in total. The van der Waals surface area contributed by atoms with Crippen molar-refractivity contribution in [3.63, 3.8) is 0 Å². The molecule has 1 aromatic heterocycles. The van der Waals surface area contributed by atoms with E-state index in [1.807, 2.05) is 0 Å². The molecule has 3 rings (SSSR count). The van der Waals surface area contributed by atoms with Gasteiger partial charge < -0.3 is 0 Å². The lowest BCUT2D eigenvalue weighted by Crippen LogP contribution is -2.18. The fraction of sp³-hybridized carbons (Fsp3) is 0.667. The van der Waals surface area contributed by atoms with Gasteiger partial charge in [0, 0.05) is 12.0 Å². The van der Waals surface area contributed by atoms with Gasteiger partial charge in [-0.25, -0.2) is 8.42 Å². The highest BCUT2D eigenvalue weighted by Crippen LogP contribution is 2.33. The minimum atomic E-state index is -3.05. The van der Waals surface area contributed by atoms with Crippen LogP contribution in [0.2, 0.25) is 0 Å². The van der Waals surface area contributed by atoms with Gasteiger partial charge in [0.05, 0.1) is 23.2 Å². The number of carbonyl (C=O) groups excluding carboxylic acids is 1. The normalized spacial score (nSPS) is 22.9. The van der Waals surface area contributed by atoms with E-state index in [9.17, 15) is 13.2 Å². The molecule has 1 aliphatic carbocycles. The van der Waals surface area contributed by atoms with E-state index in [1.54, 1.807) is 4.68 Å². The van der Waals surface area contributed by atoms with Crippen LogP contribution in [0.4, 0.5) is 0 Å². The molecule has 0 aromatic carbocycles. The summed E-state index contributed by atoms with van der Waals surface area (Å²) in [7, 11) is -3.05. The topological polar surface area (TPSA) is 69.0 Å². The van der Waals surface area contributed by atoms with Crippen molar-refractivity contribution in [3.05, 3.63) is 17.0 Å². The number of aryl methyl sites for hydroxylation is 1. The SMILES string of the molecule is O=Cc1c2c(nn1C1CCCC1)CCS(=O)(=O)C2. The summed E-state index contributed by atoms with van der Waals surface area (Å²) in [6.07, 6.45) is 5.60. The molecule has 0 N–H and O–H groups in total. The molecule has 6 heteroatoms. The molecule has 0 amide bonds. The highest BCUT2D eigenvalue weighted by molar-refractivity contribution is 7.90. The smallest absolute Gasteiger partial charge is 0.168 e. The molecule has 0 spiro atoms. The zero-order chi connectivity index (χ0) is 12.8. The Morgan fingerprint density at radius 2 is 2.00 bits per heavy atom. The Bertz CT molecular complexity index is 583. The van der Waals surface area contributed by atoms with Crippen LogP contribution in [-0.4, -0.2) is 30.2 Å². The van der Waals surface area contributed by atoms with Crippen molar-refractivity contribution in [2.45, 2.75) is 43.9 Å². The van der Waals surface area contributed by atoms with Crippen LogP contribution >= 0.6 is 0 Å². The van der Waals surface area contributed by atoms with Crippen molar-refractivity contribution in [2.75, 3.05) is 5.75 Å². The molecule has 2 heterocycles. The molecule has 1 aliphatic heterocycles. The van der Waals surface area contributed by atoms with Crippen molar-refractivity contribution in [2.24, 2.45) is 0 Å². The zero-order valence-corrected chi connectivity index (χ0v) is 10.9. The zero-order valence-electron chi connectivity index (χ0n) is 10.1. The second kappa shape index (κ2) is 4.19. The Kier molecular flexibility index (Phi) is 2.77. The van der Waals surface area contributed by atoms with E-state index < -0.39 is 9.84 Å². The van der Waals surface area contributed by atoms with Crippen molar-refractivity contribution in [1.82, 2.24) is 9.78 Å². The van der Waals surface area contributed by atoms with Gasteiger partial charge in [0.15, 0.2) is 16.1 Å². The lowest BCUT2D eigenvalue weighted by Gasteiger charge is -2.12. The van der Waals surface area contributed by atoms with Crippen LogP contribution in [0.5, 0.6) is 0 Å². The quantitative estimate of drug-likeness (QED) is 0.758. The van der Waals surface area contributed by atoms with E-state index in [0.717, 1.165) is 37.7 Å². The Hall–Kier alpha value is -1.17. The number of nitrogens with zero attached hydrogens (tertiary/aromatic N) is 2. The maximum Gasteiger partial charge on any atom is 0.168 e. The molecule has 0 atom stereocenters. The highest BCUT2D eigenvalue weighted by atomic mass is 32.2. The third-order valence-electron chi connectivity index (χ3n) is 3.93. The molecule has 0 unspecified atom stereocenters. The summed E-state index contributed by atoms with van der Waals surface area (Å²) in [5.41, 5.74) is 1.93. The van der Waals surface area contributed by atoms with E-state index in [2.05, 4.69) is 5.10 Å². The van der Waals surface area contributed by atoms with Gasteiger partial charge in [-0.1, -0.05) is 12.8 Å². The average molecular weight is 268 g/mol. The summed E-state index contributed by atoms with van der Waals surface area (Å²) >= 11 is 0. The second-order valence-corrected chi connectivity index (χ2v) is 7.34. The Labute approximate surface area is 106 Å². The first-order chi connectivity index (χ1) is 8.61. The van der Waals surface area contributed by atoms with E-state index in [4.69, 9.17) is 0 Å². The number of sulfone groups is 1. The summed E-state index contributed by atoms with van der Waals surface area (Å²) in [5, 5.41) is 4.49. The molecular weight excluding hydrogens is 252 g/mol. The lowest BCUT2D eigenvalue weighted by atomic mass is 10.1. The Balaban J connectivity index is 2.07. The van der Waals surface area contributed by atoms with Gasteiger partial charge in [-0.2, -0.15) is 5.10 Å². The van der Waals surface area contributed by atoms with Crippen LogP contribution in [-0.2, 0) is 22.0 Å². The largest absolute Gasteiger partial charge is 0.296 e. The van der Waals surface area contributed by atoms with Gasteiger partial charge in [-0.05, 0) is 12.8 Å². The molecule has 2 aliphatic rings. The Morgan fingerprint density at radius 1 is 1.28 bits per heavy atom. The predicted molar refractivity (Wildman–Crippen MR) is 66.3 cm³/mol. The standard InChI is InChI=1S/C12H16N2O3S/c15-7-12-10-8-18(16,17)6-5-11(10)13-14(12)9-3-1-2-4-9/h7,9H,1-6,8H2. The van der Waals surface area contributed by atoms with Crippen LogP contribution in [0.3, 0.4) is 0 Å². The molecule has 0 bridgehead atoms. The summed E-state index contributed by atoms with van der Waals surface area (Å²) in [6.45, 7) is 0. The van der Waals surface area contributed by atoms with Gasteiger partial charge in [-0.3, -0.25) is 9.48 Å². The number of hydrogen-bond donors (Lipinski definition) is 0. The second-order valence-electron chi connectivity index (χ2n) is 5.15. The maximum atomic E-state index is 11.7. The number of aldehydes is 1. The maximum absolute atomic E-state index is 11.7. The van der Waals surface area contributed by atoms with Crippen molar-refractivity contribution < 1.29 is 13.2 Å². The minimum Gasteiger partial charge on any atom is -0.296 e. The average Bonchev–Trinajstić information content (AvgIpc) is 2.92. The fourth-order valence-electron chi connectivity index (χ4n) is 2.99. The van der Waals surface area contributed by atoms with Gasteiger partial charge in [0.1, 0.15) is 5.69 Å². The third-order valence-corrected chi connectivity index (χ3v) is 5.48. The van der Waals surface area contributed by atoms with Crippen molar-refractivity contribution >= 4 is 16.1 Å². The van der Waals surface area contributed by atoms with Crippen molar-refractivity contribution in [3.8, 4) is 0 Å². The lowest BCUT2D eigenvalue weighted by molar-refractivity contribution is 0.111. The molecular formula is C12H16N2O3S. The van der Waals surface area contributed by atoms with Crippen LogP contribution in [0.1, 0.15) is 53.5 Å². The third kappa shape index (κ3) is 1.88. The first kappa shape index (κ1) is 11.9. The number of hydrogen-bond acceptors (Lipinski definition) is 4. The van der Waals surface area contributed by atoms with Gasteiger partial charge >= 0.3 is 0 Å². The summed E-state index contributed by atoms with van der Waals surface area (Å²) in [5.74, 6) is 0.128. The van der Waals surface area contributed by atoms with Gasteiger partial charge in [-0.15, -0.1) is 0 Å². The highest BCUT2D eigenvalue weighted by Gasteiger charge is 2.30. The summed E-state index contributed by atoms with van der Waals surface area (Å²) in [4.78, 5) is 11.3. The van der Waals surface area contributed by atoms with Gasteiger partial charge in [0.25, 0.3) is 0 Å². The van der Waals surface area contributed by atoms with Gasteiger partial charge in [0.2, 0.25) is 0 Å². The predicted octanol–water partition coefficient (Wildman–Crippen LogP) is 1.28. The monoisotopic (exact) mass is 268 g/mol. The molecule has 1 fully saturated rings. The first-order valence-electron chi connectivity index (χ1n) is 6.36. The number of rotatable bonds is 2. The molecule has 18 heavy (non-hydrogen) atoms. The molecule has 98 valence electrons. The number of aromatic nitrogens is 2. The van der Waals surface area contributed by atoms with Crippen LogP contribution in [0.25, 0.3) is 0 Å². The van der Waals surface area contributed by atoms with Crippen LogP contribution in [0, 0.1) is 0 Å². The molecule has 0 radical (unpaired) electrons. The fourth-order valence-corrected chi connectivity index (χ4v) is 4.39. The molecule has 0 saturated heterocycles.